The molecule has 0 saturated carbocycles. The Labute approximate surface area is 87.7 Å². The van der Waals surface area contributed by atoms with Gasteiger partial charge in [-0.25, -0.2) is 8.78 Å². The summed E-state index contributed by atoms with van der Waals surface area (Å²) in [4.78, 5) is 0. The van der Waals surface area contributed by atoms with Crippen molar-refractivity contribution in [2.45, 2.75) is 25.4 Å². The van der Waals surface area contributed by atoms with Crippen molar-refractivity contribution in [3.63, 3.8) is 0 Å². The third kappa shape index (κ3) is 3.93. The summed E-state index contributed by atoms with van der Waals surface area (Å²) in [6.45, 7) is 0.163. The van der Waals surface area contributed by atoms with Crippen LogP contribution in [0.1, 0.15) is 23.7 Å². The quantitative estimate of drug-likeness (QED) is 0.787. The Morgan fingerprint density at radius 3 is 2.27 bits per heavy atom. The average Bonchev–Trinajstić information content (AvgIpc) is 2.26. The third-order valence-electron chi connectivity index (χ3n) is 2.24. The summed E-state index contributed by atoms with van der Waals surface area (Å²) in [6.07, 6.45) is -2.71. The van der Waals surface area contributed by atoms with Gasteiger partial charge in [-0.05, 0) is 17.5 Å². The van der Waals surface area contributed by atoms with Crippen LogP contribution in [0.2, 0.25) is 0 Å². The van der Waals surface area contributed by atoms with Crippen LogP contribution in [0.4, 0.5) is 8.78 Å². The summed E-state index contributed by atoms with van der Waals surface area (Å²) >= 11 is 0. The number of nitrogens with two attached hydrogens (primary N) is 1. The molecule has 0 fully saturated rings. The Kier molecular flexibility index (Phi) is 4.65. The first-order valence-electron chi connectivity index (χ1n) is 4.88. The number of hydrogen-bond acceptors (Lipinski definition) is 2. The van der Waals surface area contributed by atoms with Crippen LogP contribution in [0, 0.1) is 0 Å². The molecule has 1 atom stereocenters. The third-order valence-corrected chi connectivity index (χ3v) is 2.24. The van der Waals surface area contributed by atoms with Gasteiger partial charge in [0.15, 0.2) is 0 Å². The molecule has 1 aromatic rings. The first-order valence-corrected chi connectivity index (χ1v) is 4.88. The van der Waals surface area contributed by atoms with Gasteiger partial charge in [0.05, 0.1) is 6.10 Å². The average molecular weight is 215 g/mol. The van der Waals surface area contributed by atoms with Crippen molar-refractivity contribution in [3.8, 4) is 0 Å². The van der Waals surface area contributed by atoms with E-state index in [1.165, 1.54) is 0 Å². The number of aliphatic hydroxyl groups is 1. The molecular weight excluding hydrogens is 200 g/mol. The minimum Gasteiger partial charge on any atom is -0.387 e. The molecule has 4 heteroatoms. The number of hydrogen-bond donors (Lipinski definition) is 2. The lowest BCUT2D eigenvalue weighted by Gasteiger charge is -2.08. The molecule has 15 heavy (non-hydrogen) atoms. The summed E-state index contributed by atoms with van der Waals surface area (Å²) in [5.74, 6) is 0. The van der Waals surface area contributed by atoms with Crippen molar-refractivity contribution in [2.24, 2.45) is 5.73 Å². The zero-order chi connectivity index (χ0) is 11.3. The van der Waals surface area contributed by atoms with Crippen molar-refractivity contribution >= 4 is 0 Å². The molecule has 0 aliphatic heterocycles. The minimum absolute atomic E-state index is 0.126. The predicted octanol–water partition coefficient (Wildman–Crippen LogP) is 1.88. The fraction of sp³-hybridized carbons (Fsp3) is 0.455. The zero-order valence-corrected chi connectivity index (χ0v) is 8.37. The molecule has 0 heterocycles. The van der Waals surface area contributed by atoms with Crippen molar-refractivity contribution in [2.75, 3.05) is 6.54 Å². The van der Waals surface area contributed by atoms with Crippen molar-refractivity contribution in [1.82, 2.24) is 0 Å². The van der Waals surface area contributed by atoms with Gasteiger partial charge in [0.1, 0.15) is 0 Å². The normalized spacial score (nSPS) is 13.1. The second kappa shape index (κ2) is 5.78. The summed E-state index contributed by atoms with van der Waals surface area (Å²) in [6, 6.07) is 6.93. The predicted molar refractivity (Wildman–Crippen MR) is 54.8 cm³/mol. The molecule has 0 aliphatic rings. The van der Waals surface area contributed by atoms with Crippen molar-refractivity contribution in [3.05, 3.63) is 35.4 Å². The lowest BCUT2D eigenvalue weighted by atomic mass is 10.0. The zero-order valence-electron chi connectivity index (χ0n) is 8.37. The molecule has 0 saturated heterocycles. The lowest BCUT2D eigenvalue weighted by molar-refractivity contribution is 0.138. The fourth-order valence-electron chi connectivity index (χ4n) is 1.32. The van der Waals surface area contributed by atoms with E-state index in [0.717, 1.165) is 11.1 Å². The summed E-state index contributed by atoms with van der Waals surface area (Å²) in [7, 11) is 0. The number of halogens is 2. The monoisotopic (exact) mass is 215 g/mol. The fourth-order valence-corrected chi connectivity index (χ4v) is 1.32. The van der Waals surface area contributed by atoms with Gasteiger partial charge < -0.3 is 10.8 Å². The maximum Gasteiger partial charge on any atom is 0.239 e. The molecule has 1 unspecified atom stereocenters. The van der Waals surface area contributed by atoms with Crippen LogP contribution in [0.25, 0.3) is 0 Å². The van der Waals surface area contributed by atoms with E-state index in [2.05, 4.69) is 0 Å². The first kappa shape index (κ1) is 12.1. The van der Waals surface area contributed by atoms with E-state index in [9.17, 15) is 13.9 Å². The van der Waals surface area contributed by atoms with E-state index in [4.69, 9.17) is 5.73 Å². The van der Waals surface area contributed by atoms with Gasteiger partial charge in [-0.3, -0.25) is 0 Å². The van der Waals surface area contributed by atoms with Gasteiger partial charge in [-0.2, -0.15) is 0 Å². The number of benzene rings is 1. The van der Waals surface area contributed by atoms with Crippen molar-refractivity contribution < 1.29 is 13.9 Å². The summed E-state index contributed by atoms with van der Waals surface area (Å²) in [5.41, 5.74) is 6.86. The molecule has 1 rings (SSSR count). The smallest absolute Gasteiger partial charge is 0.239 e. The van der Waals surface area contributed by atoms with Gasteiger partial charge in [0.25, 0.3) is 0 Å². The van der Waals surface area contributed by atoms with Gasteiger partial charge >= 0.3 is 0 Å². The number of alkyl halides is 2. The topological polar surface area (TPSA) is 46.2 Å². The Bertz CT molecular complexity index is 287. The van der Waals surface area contributed by atoms with E-state index in [0.29, 0.717) is 6.42 Å². The Morgan fingerprint density at radius 1 is 1.20 bits per heavy atom. The lowest BCUT2D eigenvalue weighted by Crippen LogP contribution is -2.11. The maximum atomic E-state index is 11.9. The summed E-state index contributed by atoms with van der Waals surface area (Å²) < 4.78 is 23.9. The van der Waals surface area contributed by atoms with Gasteiger partial charge in [-0.15, -0.1) is 0 Å². The molecule has 0 aromatic heterocycles. The molecular formula is C11H15F2NO. The second-order valence-corrected chi connectivity index (χ2v) is 3.42. The van der Waals surface area contributed by atoms with E-state index in [1.54, 1.807) is 24.3 Å². The van der Waals surface area contributed by atoms with Gasteiger partial charge in [-0.1, -0.05) is 24.3 Å². The van der Waals surface area contributed by atoms with Crippen molar-refractivity contribution in [1.29, 1.82) is 0 Å². The van der Waals surface area contributed by atoms with Crippen LogP contribution in [0.3, 0.4) is 0 Å². The molecule has 0 aliphatic carbocycles. The van der Waals surface area contributed by atoms with Gasteiger partial charge in [0.2, 0.25) is 6.43 Å². The minimum atomic E-state index is -2.26. The van der Waals surface area contributed by atoms with Crippen LogP contribution in [0.5, 0.6) is 0 Å². The highest BCUT2D eigenvalue weighted by Gasteiger charge is 2.06. The maximum absolute atomic E-state index is 11.9. The molecule has 3 N–H and O–H groups in total. The first-order chi connectivity index (χ1) is 7.13. The molecule has 0 amide bonds. The molecule has 0 radical (unpaired) electrons. The second-order valence-electron chi connectivity index (χ2n) is 3.42. The molecule has 2 nitrogen and oxygen atoms in total. The van der Waals surface area contributed by atoms with E-state index in [-0.39, 0.29) is 13.0 Å². The highest BCUT2D eigenvalue weighted by atomic mass is 19.3. The van der Waals surface area contributed by atoms with Crippen LogP contribution in [-0.4, -0.2) is 18.1 Å². The molecule has 1 aromatic carbocycles. The number of rotatable bonds is 5. The van der Waals surface area contributed by atoms with E-state index >= 15 is 0 Å². The van der Waals surface area contributed by atoms with Gasteiger partial charge in [0, 0.05) is 13.0 Å². The van der Waals surface area contributed by atoms with Crippen LogP contribution < -0.4 is 5.73 Å². The highest BCUT2D eigenvalue weighted by molar-refractivity contribution is 5.24. The Morgan fingerprint density at radius 2 is 1.80 bits per heavy atom. The summed E-state index contributed by atoms with van der Waals surface area (Å²) in [5, 5.41) is 9.39. The largest absolute Gasteiger partial charge is 0.387 e. The Balaban J connectivity index is 2.56. The van der Waals surface area contributed by atoms with E-state index in [1.807, 2.05) is 0 Å². The molecule has 84 valence electrons. The Hall–Kier alpha value is -1.00. The van der Waals surface area contributed by atoms with Crippen LogP contribution in [-0.2, 0) is 6.42 Å². The standard InChI is InChI=1S/C11H15F2NO/c12-11(13)6-3-8-1-4-9(5-2-8)10(15)7-14/h1-2,4-5,10-11,15H,3,6-7,14H2. The van der Waals surface area contributed by atoms with Crippen LogP contribution in [0.15, 0.2) is 24.3 Å². The van der Waals surface area contributed by atoms with Crippen LogP contribution >= 0.6 is 0 Å². The number of aryl methyl sites for hydroxylation is 1. The molecule has 0 spiro atoms. The number of aliphatic hydroxyl groups excluding tert-OH is 1. The SMILES string of the molecule is NCC(O)c1ccc(CCC(F)F)cc1. The molecule has 0 bridgehead atoms. The van der Waals surface area contributed by atoms with E-state index < -0.39 is 12.5 Å². The highest BCUT2D eigenvalue weighted by Crippen LogP contribution is 2.14.